The molecule has 9 nitrogen and oxygen atoms in total. The van der Waals surface area contributed by atoms with Gasteiger partial charge in [-0.05, 0) is 0 Å². The number of ether oxygens (including phenoxy) is 6. The monoisotopic (exact) mass is 350 g/mol. The lowest BCUT2D eigenvalue weighted by Gasteiger charge is -2.34. The topological polar surface area (TPSA) is 107 Å². The summed E-state index contributed by atoms with van der Waals surface area (Å²) in [5, 5.41) is 0. The van der Waals surface area contributed by atoms with Crippen LogP contribution in [-0.2, 0) is 42.8 Å². The van der Waals surface area contributed by atoms with Crippen molar-refractivity contribution in [2.75, 3.05) is 34.5 Å². The van der Waals surface area contributed by atoms with Crippen LogP contribution < -0.4 is 0 Å². The number of hydrogen-bond donors (Lipinski definition) is 0. The number of carbonyl (C=O) groups excluding carboxylic acids is 3. The van der Waals surface area contributed by atoms with Gasteiger partial charge in [-0.25, -0.2) is 0 Å². The molecular formula is C15H26O9. The Morgan fingerprint density at radius 2 is 1.29 bits per heavy atom. The lowest BCUT2D eigenvalue weighted by atomic mass is 10.0. The minimum absolute atomic E-state index is 0.0264. The highest BCUT2D eigenvalue weighted by Crippen LogP contribution is 2.18. The fourth-order valence-corrected chi connectivity index (χ4v) is 2.11. The third-order valence-corrected chi connectivity index (χ3v) is 3.03. The molecule has 0 radical (unpaired) electrons. The largest absolute Gasteiger partial charge is 0.463 e. The Labute approximate surface area is 141 Å². The van der Waals surface area contributed by atoms with Gasteiger partial charge in [-0.2, -0.15) is 0 Å². The molecule has 24 heavy (non-hydrogen) atoms. The molecule has 0 unspecified atom stereocenters. The summed E-state index contributed by atoms with van der Waals surface area (Å²) in [7, 11) is 4.18. The Balaban J connectivity index is 5.46. The highest BCUT2D eigenvalue weighted by atomic mass is 16.6. The van der Waals surface area contributed by atoms with E-state index in [4.69, 9.17) is 28.4 Å². The minimum atomic E-state index is -1.02. The summed E-state index contributed by atoms with van der Waals surface area (Å²) in [6, 6.07) is 0. The summed E-state index contributed by atoms with van der Waals surface area (Å²) in [5.41, 5.74) is 0. The zero-order valence-electron chi connectivity index (χ0n) is 14.9. The molecule has 0 aliphatic heterocycles. The van der Waals surface area contributed by atoms with Crippen molar-refractivity contribution in [3.63, 3.8) is 0 Å². The highest BCUT2D eigenvalue weighted by Gasteiger charge is 2.40. The average molecular weight is 350 g/mol. The first-order valence-electron chi connectivity index (χ1n) is 7.29. The van der Waals surface area contributed by atoms with Crippen LogP contribution in [0.5, 0.6) is 0 Å². The first-order chi connectivity index (χ1) is 11.3. The summed E-state index contributed by atoms with van der Waals surface area (Å²) in [4.78, 5) is 33.8. The van der Waals surface area contributed by atoms with Crippen molar-refractivity contribution in [3.05, 3.63) is 0 Å². The summed E-state index contributed by atoms with van der Waals surface area (Å²) in [6.45, 7) is 3.54. The Hall–Kier alpha value is -1.71. The van der Waals surface area contributed by atoms with Gasteiger partial charge >= 0.3 is 17.9 Å². The van der Waals surface area contributed by atoms with Crippen molar-refractivity contribution in [2.45, 2.75) is 45.2 Å². The van der Waals surface area contributed by atoms with E-state index in [1.807, 2.05) is 0 Å². The average Bonchev–Trinajstić information content (AvgIpc) is 2.48. The quantitative estimate of drug-likeness (QED) is 0.378. The van der Waals surface area contributed by atoms with Crippen molar-refractivity contribution >= 4 is 17.9 Å². The molecule has 4 atom stereocenters. The van der Waals surface area contributed by atoms with Crippen molar-refractivity contribution in [3.8, 4) is 0 Å². The van der Waals surface area contributed by atoms with Crippen LogP contribution in [0.2, 0.25) is 0 Å². The Morgan fingerprint density at radius 1 is 0.708 bits per heavy atom. The van der Waals surface area contributed by atoms with Crippen LogP contribution in [-0.4, -0.2) is 76.9 Å². The van der Waals surface area contributed by atoms with E-state index >= 15 is 0 Å². The molecule has 0 N–H and O–H groups in total. The van der Waals surface area contributed by atoms with Crippen LogP contribution in [0.15, 0.2) is 0 Å². The first kappa shape index (κ1) is 22.3. The molecule has 0 heterocycles. The molecule has 0 fully saturated rings. The third-order valence-electron chi connectivity index (χ3n) is 3.03. The Bertz CT molecular complexity index is 410. The molecule has 140 valence electrons. The van der Waals surface area contributed by atoms with Crippen molar-refractivity contribution in [1.29, 1.82) is 0 Å². The molecular weight excluding hydrogens is 324 g/mol. The molecule has 0 aliphatic rings. The number of carbonyl (C=O) groups is 3. The van der Waals surface area contributed by atoms with Gasteiger partial charge in [0.25, 0.3) is 0 Å². The molecule has 0 saturated carbocycles. The second-order valence-corrected chi connectivity index (χ2v) is 4.95. The lowest BCUT2D eigenvalue weighted by Crippen LogP contribution is -2.52. The van der Waals surface area contributed by atoms with E-state index in [2.05, 4.69) is 0 Å². The molecule has 0 aromatic rings. The van der Waals surface area contributed by atoms with Crippen molar-refractivity contribution in [1.82, 2.24) is 0 Å². The van der Waals surface area contributed by atoms with Gasteiger partial charge < -0.3 is 28.4 Å². The zero-order chi connectivity index (χ0) is 18.7. The lowest BCUT2D eigenvalue weighted by molar-refractivity contribution is -0.196. The number of hydrogen-bond acceptors (Lipinski definition) is 9. The van der Waals surface area contributed by atoms with E-state index in [-0.39, 0.29) is 13.2 Å². The molecule has 0 aromatic heterocycles. The van der Waals surface area contributed by atoms with Crippen LogP contribution >= 0.6 is 0 Å². The maximum atomic E-state index is 11.5. The highest BCUT2D eigenvalue weighted by molar-refractivity contribution is 5.67. The Morgan fingerprint density at radius 3 is 1.67 bits per heavy atom. The van der Waals surface area contributed by atoms with Crippen molar-refractivity contribution < 1.29 is 42.8 Å². The Kier molecular flexibility index (Phi) is 10.9. The zero-order valence-corrected chi connectivity index (χ0v) is 14.9. The molecule has 0 saturated heterocycles. The van der Waals surface area contributed by atoms with Gasteiger partial charge in [-0.3, -0.25) is 14.4 Å². The molecule has 0 bridgehead atoms. The number of esters is 3. The predicted molar refractivity (Wildman–Crippen MR) is 81.2 cm³/mol. The van der Waals surface area contributed by atoms with E-state index in [9.17, 15) is 14.4 Å². The van der Waals surface area contributed by atoms with Gasteiger partial charge in [0, 0.05) is 42.1 Å². The van der Waals surface area contributed by atoms with Crippen LogP contribution in [0.1, 0.15) is 20.8 Å². The van der Waals surface area contributed by atoms with Crippen LogP contribution in [0.25, 0.3) is 0 Å². The summed E-state index contributed by atoms with van der Waals surface area (Å²) < 4.78 is 31.0. The van der Waals surface area contributed by atoms with Gasteiger partial charge in [0.1, 0.15) is 18.8 Å². The van der Waals surface area contributed by atoms with Crippen LogP contribution in [0, 0.1) is 0 Å². The van der Waals surface area contributed by atoms with Gasteiger partial charge in [-0.1, -0.05) is 0 Å². The second kappa shape index (κ2) is 11.8. The van der Waals surface area contributed by atoms with Crippen LogP contribution in [0.3, 0.4) is 0 Å². The maximum Gasteiger partial charge on any atom is 0.303 e. The van der Waals surface area contributed by atoms with Gasteiger partial charge in [0.15, 0.2) is 12.2 Å². The molecule has 9 heteroatoms. The first-order valence-corrected chi connectivity index (χ1v) is 7.29. The fourth-order valence-electron chi connectivity index (χ4n) is 2.11. The molecule has 0 spiro atoms. The normalized spacial score (nSPS) is 15.8. The van der Waals surface area contributed by atoms with E-state index < -0.39 is 42.3 Å². The van der Waals surface area contributed by atoms with Crippen LogP contribution in [0.4, 0.5) is 0 Å². The summed E-state index contributed by atoms with van der Waals surface area (Å²) in [5.74, 6) is -1.67. The molecule has 0 aliphatic carbocycles. The minimum Gasteiger partial charge on any atom is -0.463 e. The molecule has 0 amide bonds. The molecule has 0 aromatic carbocycles. The van der Waals surface area contributed by atoms with E-state index in [0.29, 0.717) is 0 Å². The van der Waals surface area contributed by atoms with Crippen molar-refractivity contribution in [2.24, 2.45) is 0 Å². The smallest absolute Gasteiger partial charge is 0.303 e. The van der Waals surface area contributed by atoms with E-state index in [1.54, 1.807) is 0 Å². The fraction of sp³-hybridized carbons (Fsp3) is 0.800. The number of rotatable bonds is 11. The number of methoxy groups -OCH3 is 3. The maximum absolute atomic E-state index is 11.5. The van der Waals surface area contributed by atoms with E-state index in [1.165, 1.54) is 42.1 Å². The van der Waals surface area contributed by atoms with E-state index in [0.717, 1.165) is 0 Å². The molecule has 0 rings (SSSR count). The van der Waals surface area contributed by atoms with Gasteiger partial charge in [-0.15, -0.1) is 0 Å². The third kappa shape index (κ3) is 8.23. The van der Waals surface area contributed by atoms with Gasteiger partial charge in [0.2, 0.25) is 0 Å². The van der Waals surface area contributed by atoms with Gasteiger partial charge in [0.05, 0.1) is 6.61 Å². The second-order valence-electron chi connectivity index (χ2n) is 4.95. The predicted octanol–water partition coefficient (Wildman–Crippen LogP) is 0.0893. The standard InChI is InChI=1S/C15H26O9/c1-9(16)22-8-12(20-5)14(21-6)15(24-11(3)18)13(7-19-4)23-10(2)17/h12-15H,7-8H2,1-6H3/t12-,13+,14+,15-/m0/s1. The summed E-state index contributed by atoms with van der Waals surface area (Å²) >= 11 is 0. The summed E-state index contributed by atoms with van der Waals surface area (Å²) in [6.07, 6.45) is -3.55. The SMILES string of the molecule is COC[C@@H](OC(C)=O)[C@H](OC(C)=O)[C@H](OC)[C@H](COC(C)=O)OC.